The summed E-state index contributed by atoms with van der Waals surface area (Å²) in [7, 11) is 0. The zero-order valence-corrected chi connectivity index (χ0v) is 8.59. The predicted molar refractivity (Wildman–Crippen MR) is 56.9 cm³/mol. The largest absolute Gasteiger partial charge is 0.398 e. The van der Waals surface area contributed by atoms with Gasteiger partial charge < -0.3 is 5.73 Å². The molecule has 72 valence electrons. The number of pyridine rings is 1. The third-order valence-corrected chi connectivity index (χ3v) is 2.64. The Morgan fingerprint density at radius 3 is 3.00 bits per heavy atom. The highest BCUT2D eigenvalue weighted by Crippen LogP contribution is 2.14. The van der Waals surface area contributed by atoms with Crippen molar-refractivity contribution in [1.82, 2.24) is 4.98 Å². The number of nitrogens with zero attached hydrogens (tertiary/aromatic N) is 1. The molecule has 1 aromatic heterocycles. The second-order valence-electron chi connectivity index (χ2n) is 3.37. The summed E-state index contributed by atoms with van der Waals surface area (Å²) in [5.74, 6) is 1.25. The fraction of sp³-hybridized carbons (Fsp3) is 0.500. The van der Waals surface area contributed by atoms with Gasteiger partial charge in [-0.2, -0.15) is 0 Å². The third kappa shape index (κ3) is 3.23. The number of nitrogen functional groups attached to an aromatic ring is 1. The van der Waals surface area contributed by atoms with E-state index in [-0.39, 0.29) is 0 Å². The lowest BCUT2D eigenvalue weighted by molar-refractivity contribution is 0.593. The lowest BCUT2D eigenvalue weighted by atomic mass is 10.0. The van der Waals surface area contributed by atoms with Crippen LogP contribution in [0.2, 0.25) is 0 Å². The number of rotatable bonds is 4. The fourth-order valence-corrected chi connectivity index (χ4v) is 1.28. The van der Waals surface area contributed by atoms with Gasteiger partial charge in [-0.1, -0.05) is 6.92 Å². The molecule has 13 heavy (non-hydrogen) atoms. The molecule has 1 heterocycles. The minimum absolute atomic E-state index is 0.543. The first-order valence-electron chi connectivity index (χ1n) is 4.48. The van der Waals surface area contributed by atoms with Crippen LogP contribution in [0.1, 0.15) is 18.9 Å². The average molecular weight is 199 g/mol. The van der Waals surface area contributed by atoms with Gasteiger partial charge in [0.05, 0.1) is 0 Å². The summed E-state index contributed by atoms with van der Waals surface area (Å²) in [5, 5.41) is 0. The number of alkyl halides is 1. The van der Waals surface area contributed by atoms with E-state index in [9.17, 15) is 0 Å². The maximum atomic E-state index is 5.78. The van der Waals surface area contributed by atoms with Gasteiger partial charge in [0.15, 0.2) is 0 Å². The van der Waals surface area contributed by atoms with E-state index in [4.69, 9.17) is 17.3 Å². The van der Waals surface area contributed by atoms with Crippen LogP contribution in [0.15, 0.2) is 18.5 Å². The van der Waals surface area contributed by atoms with Gasteiger partial charge in [-0.15, -0.1) is 11.6 Å². The van der Waals surface area contributed by atoms with E-state index in [2.05, 4.69) is 11.9 Å². The zero-order chi connectivity index (χ0) is 9.68. The Hall–Kier alpha value is -0.760. The summed E-state index contributed by atoms with van der Waals surface area (Å²) in [4.78, 5) is 4.04. The topological polar surface area (TPSA) is 38.9 Å². The van der Waals surface area contributed by atoms with Crippen molar-refractivity contribution in [2.45, 2.75) is 19.8 Å². The van der Waals surface area contributed by atoms with Crippen LogP contribution in [0, 0.1) is 5.92 Å². The van der Waals surface area contributed by atoms with Crippen molar-refractivity contribution in [2.24, 2.45) is 5.92 Å². The summed E-state index contributed by atoms with van der Waals surface area (Å²) >= 11 is 5.71. The molecule has 0 spiro atoms. The van der Waals surface area contributed by atoms with Crippen molar-refractivity contribution in [3.05, 3.63) is 24.0 Å². The van der Waals surface area contributed by atoms with Crippen molar-refractivity contribution < 1.29 is 0 Å². The summed E-state index contributed by atoms with van der Waals surface area (Å²) in [6, 6.07) is 1.83. The third-order valence-electron chi connectivity index (χ3n) is 2.11. The van der Waals surface area contributed by atoms with E-state index in [1.54, 1.807) is 6.20 Å². The van der Waals surface area contributed by atoms with Crippen LogP contribution in [0.5, 0.6) is 0 Å². The Balaban J connectivity index is 2.50. The summed E-state index contributed by atoms with van der Waals surface area (Å²) in [6.45, 7) is 2.14. The highest BCUT2D eigenvalue weighted by molar-refractivity contribution is 6.18. The second-order valence-corrected chi connectivity index (χ2v) is 3.68. The first-order valence-corrected chi connectivity index (χ1v) is 5.01. The molecular weight excluding hydrogens is 184 g/mol. The summed E-state index contributed by atoms with van der Waals surface area (Å²) in [5.41, 5.74) is 7.73. The zero-order valence-electron chi connectivity index (χ0n) is 7.83. The van der Waals surface area contributed by atoms with E-state index >= 15 is 0 Å². The SMILES string of the molecule is CC(CCl)CCc1cnccc1N. The molecule has 1 aromatic rings. The molecule has 1 rings (SSSR count). The van der Waals surface area contributed by atoms with Crippen LogP contribution >= 0.6 is 11.6 Å². The monoisotopic (exact) mass is 198 g/mol. The minimum atomic E-state index is 0.543. The summed E-state index contributed by atoms with van der Waals surface area (Å²) < 4.78 is 0. The van der Waals surface area contributed by atoms with Gasteiger partial charge in [-0.3, -0.25) is 4.98 Å². The van der Waals surface area contributed by atoms with Crippen molar-refractivity contribution in [3.8, 4) is 0 Å². The molecular formula is C10H15ClN2. The number of hydrogen-bond donors (Lipinski definition) is 1. The normalized spacial score (nSPS) is 12.8. The van der Waals surface area contributed by atoms with Crippen molar-refractivity contribution in [2.75, 3.05) is 11.6 Å². The predicted octanol–water partition coefficient (Wildman–Crippen LogP) is 2.47. The van der Waals surface area contributed by atoms with Gasteiger partial charge in [0.25, 0.3) is 0 Å². The molecule has 0 aromatic carbocycles. The van der Waals surface area contributed by atoms with Gasteiger partial charge in [-0.05, 0) is 30.4 Å². The Labute approximate surface area is 84.1 Å². The number of aryl methyl sites for hydroxylation is 1. The second kappa shape index (κ2) is 5.07. The van der Waals surface area contributed by atoms with Crippen LogP contribution in [0.25, 0.3) is 0 Å². The van der Waals surface area contributed by atoms with E-state index in [1.807, 2.05) is 12.3 Å². The molecule has 2 N–H and O–H groups in total. The van der Waals surface area contributed by atoms with Gasteiger partial charge in [0.2, 0.25) is 0 Å². The highest BCUT2D eigenvalue weighted by atomic mass is 35.5. The molecule has 0 radical (unpaired) electrons. The van der Waals surface area contributed by atoms with Crippen molar-refractivity contribution in [1.29, 1.82) is 0 Å². The first kappa shape index (κ1) is 10.3. The molecule has 0 aliphatic carbocycles. The lowest BCUT2D eigenvalue weighted by Gasteiger charge is -2.08. The van der Waals surface area contributed by atoms with Gasteiger partial charge >= 0.3 is 0 Å². The van der Waals surface area contributed by atoms with E-state index in [0.717, 1.165) is 24.1 Å². The minimum Gasteiger partial charge on any atom is -0.398 e. The van der Waals surface area contributed by atoms with Crippen LogP contribution in [0.4, 0.5) is 5.69 Å². The molecule has 0 aliphatic rings. The number of nitrogens with two attached hydrogens (primary N) is 1. The van der Waals surface area contributed by atoms with Crippen LogP contribution in [-0.4, -0.2) is 10.9 Å². The Bertz CT molecular complexity index is 263. The smallest absolute Gasteiger partial charge is 0.0377 e. The Morgan fingerprint density at radius 2 is 2.38 bits per heavy atom. The maximum Gasteiger partial charge on any atom is 0.0377 e. The van der Waals surface area contributed by atoms with Crippen LogP contribution in [0.3, 0.4) is 0 Å². The van der Waals surface area contributed by atoms with E-state index < -0.39 is 0 Å². The molecule has 2 nitrogen and oxygen atoms in total. The molecule has 1 atom stereocenters. The Morgan fingerprint density at radius 1 is 1.62 bits per heavy atom. The van der Waals surface area contributed by atoms with Crippen LogP contribution < -0.4 is 5.73 Å². The van der Waals surface area contributed by atoms with E-state index in [1.165, 1.54) is 0 Å². The lowest BCUT2D eigenvalue weighted by Crippen LogP contribution is -2.01. The standard InChI is InChI=1S/C10H15ClN2/c1-8(6-11)2-3-9-7-13-5-4-10(9)12/h4-5,7-8H,2-3,6H2,1H3,(H2,12,13). The molecule has 0 amide bonds. The summed E-state index contributed by atoms with van der Waals surface area (Å²) in [6.07, 6.45) is 5.58. The van der Waals surface area contributed by atoms with E-state index in [0.29, 0.717) is 11.8 Å². The van der Waals surface area contributed by atoms with Crippen molar-refractivity contribution >= 4 is 17.3 Å². The van der Waals surface area contributed by atoms with Crippen molar-refractivity contribution in [3.63, 3.8) is 0 Å². The number of anilines is 1. The number of halogens is 1. The molecule has 0 aliphatic heterocycles. The van der Waals surface area contributed by atoms with Gasteiger partial charge in [-0.25, -0.2) is 0 Å². The maximum absolute atomic E-state index is 5.78. The molecule has 0 fully saturated rings. The van der Waals surface area contributed by atoms with Crippen LogP contribution in [-0.2, 0) is 6.42 Å². The number of hydrogen-bond acceptors (Lipinski definition) is 2. The molecule has 1 unspecified atom stereocenters. The molecule has 3 heteroatoms. The highest BCUT2D eigenvalue weighted by Gasteiger charge is 2.03. The quantitative estimate of drug-likeness (QED) is 0.755. The molecule has 0 saturated heterocycles. The van der Waals surface area contributed by atoms with Gasteiger partial charge in [0.1, 0.15) is 0 Å². The first-order chi connectivity index (χ1) is 6.24. The van der Waals surface area contributed by atoms with Gasteiger partial charge in [0, 0.05) is 24.0 Å². The molecule has 0 saturated carbocycles. The fourth-order valence-electron chi connectivity index (χ4n) is 1.13. The average Bonchev–Trinajstić information content (AvgIpc) is 2.16. The Kier molecular flexibility index (Phi) is 4.03. The molecule has 0 bridgehead atoms. The number of aromatic nitrogens is 1.